The number of hydrogen-bond donors (Lipinski definition) is 1. The lowest BCUT2D eigenvalue weighted by Crippen LogP contribution is -2.44. The number of nitrogens with one attached hydrogen (secondary N) is 1. The van der Waals surface area contributed by atoms with Crippen molar-refractivity contribution >= 4 is 11.8 Å². The summed E-state index contributed by atoms with van der Waals surface area (Å²) in [5, 5.41) is 3.37. The number of hydrogen-bond acceptors (Lipinski definition) is 5. The number of likely N-dealkylation sites (N-methyl/N-ethyl adjacent to an activating group) is 1. The molecule has 2 rings (SSSR count). The minimum atomic E-state index is -0.325. The minimum Gasteiger partial charge on any atom is -0.465 e. The molecule has 0 saturated carbocycles. The Bertz CT molecular complexity index is 416. The molecule has 5 nitrogen and oxygen atoms in total. The predicted molar refractivity (Wildman–Crippen MR) is 69.9 cm³/mol. The molecule has 0 bridgehead atoms. The highest BCUT2D eigenvalue weighted by Crippen LogP contribution is 2.18. The lowest BCUT2D eigenvalue weighted by atomic mass is 10.1. The molecular formula is C13H19N3O2. The number of esters is 1. The standard InChI is InChI=1S/C13H19N3O2/c1-16(11-4-3-6-14-9-11)12-8-10(5-7-15-12)13(17)18-2/h5,7-8,11,14H,3-4,6,9H2,1-2H3. The van der Waals surface area contributed by atoms with Crippen molar-refractivity contribution in [2.75, 3.05) is 32.1 Å². The van der Waals surface area contributed by atoms with Gasteiger partial charge in [0.25, 0.3) is 0 Å². The van der Waals surface area contributed by atoms with E-state index in [1.165, 1.54) is 13.5 Å². The summed E-state index contributed by atoms with van der Waals surface area (Å²) in [6.45, 7) is 2.04. The summed E-state index contributed by atoms with van der Waals surface area (Å²) in [5.41, 5.74) is 0.540. The fraction of sp³-hybridized carbons (Fsp3) is 0.538. The van der Waals surface area contributed by atoms with Gasteiger partial charge in [0.2, 0.25) is 0 Å². The van der Waals surface area contributed by atoms with Crippen molar-refractivity contribution in [1.82, 2.24) is 10.3 Å². The number of ether oxygens (including phenoxy) is 1. The Morgan fingerprint density at radius 1 is 1.61 bits per heavy atom. The number of rotatable bonds is 3. The molecule has 1 saturated heterocycles. The Hall–Kier alpha value is -1.62. The third-order valence-corrected chi connectivity index (χ3v) is 3.35. The van der Waals surface area contributed by atoms with Crippen molar-refractivity contribution in [3.8, 4) is 0 Å². The summed E-state index contributed by atoms with van der Waals surface area (Å²) in [6.07, 6.45) is 3.97. The highest BCUT2D eigenvalue weighted by molar-refractivity contribution is 5.90. The first kappa shape index (κ1) is 12.8. The van der Waals surface area contributed by atoms with E-state index in [2.05, 4.69) is 15.2 Å². The minimum absolute atomic E-state index is 0.325. The van der Waals surface area contributed by atoms with Crippen LogP contribution in [0.3, 0.4) is 0 Å². The maximum atomic E-state index is 11.5. The molecule has 1 aromatic heterocycles. The third-order valence-electron chi connectivity index (χ3n) is 3.35. The smallest absolute Gasteiger partial charge is 0.338 e. The monoisotopic (exact) mass is 249 g/mol. The van der Waals surface area contributed by atoms with E-state index < -0.39 is 0 Å². The maximum absolute atomic E-state index is 11.5. The number of piperidine rings is 1. The average molecular weight is 249 g/mol. The molecule has 0 aromatic carbocycles. The van der Waals surface area contributed by atoms with Crippen LogP contribution in [0.1, 0.15) is 23.2 Å². The van der Waals surface area contributed by atoms with E-state index >= 15 is 0 Å². The van der Waals surface area contributed by atoms with Crippen LogP contribution < -0.4 is 10.2 Å². The lowest BCUT2D eigenvalue weighted by Gasteiger charge is -2.32. The molecule has 1 aliphatic heterocycles. The average Bonchev–Trinajstić information content (AvgIpc) is 2.46. The topological polar surface area (TPSA) is 54.5 Å². The molecule has 0 amide bonds. The van der Waals surface area contributed by atoms with Gasteiger partial charge in [-0.05, 0) is 31.5 Å². The highest BCUT2D eigenvalue weighted by Gasteiger charge is 2.19. The third kappa shape index (κ3) is 2.79. The van der Waals surface area contributed by atoms with Gasteiger partial charge in [0.15, 0.2) is 0 Å². The molecular weight excluding hydrogens is 230 g/mol. The van der Waals surface area contributed by atoms with Gasteiger partial charge in [0, 0.05) is 25.8 Å². The van der Waals surface area contributed by atoms with Gasteiger partial charge in [-0.3, -0.25) is 0 Å². The molecule has 1 N–H and O–H groups in total. The molecule has 1 unspecified atom stereocenters. The van der Waals surface area contributed by atoms with Crippen molar-refractivity contribution in [3.05, 3.63) is 23.9 Å². The highest BCUT2D eigenvalue weighted by atomic mass is 16.5. The van der Waals surface area contributed by atoms with Crippen LogP contribution in [0, 0.1) is 0 Å². The van der Waals surface area contributed by atoms with Gasteiger partial charge in [-0.25, -0.2) is 9.78 Å². The zero-order valence-electron chi connectivity index (χ0n) is 10.8. The van der Waals surface area contributed by atoms with Crippen LogP contribution in [0.2, 0.25) is 0 Å². The Kier molecular flexibility index (Phi) is 4.15. The first-order valence-electron chi connectivity index (χ1n) is 6.20. The number of anilines is 1. The number of pyridine rings is 1. The van der Waals surface area contributed by atoms with Crippen LogP contribution in [0.25, 0.3) is 0 Å². The molecule has 1 aliphatic rings. The van der Waals surface area contributed by atoms with Crippen molar-refractivity contribution < 1.29 is 9.53 Å². The van der Waals surface area contributed by atoms with Crippen LogP contribution in [0.4, 0.5) is 5.82 Å². The second kappa shape index (κ2) is 5.82. The van der Waals surface area contributed by atoms with E-state index in [4.69, 9.17) is 4.74 Å². The quantitative estimate of drug-likeness (QED) is 0.812. The maximum Gasteiger partial charge on any atom is 0.338 e. The zero-order valence-corrected chi connectivity index (χ0v) is 10.8. The van der Waals surface area contributed by atoms with E-state index in [0.717, 1.165) is 25.3 Å². The van der Waals surface area contributed by atoms with Gasteiger partial charge < -0.3 is 15.0 Å². The van der Waals surface area contributed by atoms with E-state index in [1.54, 1.807) is 18.3 Å². The molecule has 1 fully saturated rings. The van der Waals surface area contributed by atoms with Gasteiger partial charge >= 0.3 is 5.97 Å². The zero-order chi connectivity index (χ0) is 13.0. The molecule has 18 heavy (non-hydrogen) atoms. The van der Waals surface area contributed by atoms with Gasteiger partial charge in [0.05, 0.1) is 12.7 Å². The van der Waals surface area contributed by atoms with Crippen molar-refractivity contribution in [3.63, 3.8) is 0 Å². The Morgan fingerprint density at radius 3 is 3.11 bits per heavy atom. The molecule has 5 heteroatoms. The van der Waals surface area contributed by atoms with E-state index in [9.17, 15) is 4.79 Å². The summed E-state index contributed by atoms with van der Waals surface area (Å²) in [4.78, 5) is 17.9. The lowest BCUT2D eigenvalue weighted by molar-refractivity contribution is 0.0600. The Balaban J connectivity index is 2.14. The molecule has 98 valence electrons. The first-order chi connectivity index (χ1) is 8.72. The molecule has 1 atom stereocenters. The number of carbonyl (C=O) groups excluding carboxylic acids is 1. The van der Waals surface area contributed by atoms with E-state index in [0.29, 0.717) is 11.6 Å². The van der Waals surface area contributed by atoms with Gasteiger partial charge in [0.1, 0.15) is 5.82 Å². The molecule has 0 aliphatic carbocycles. The number of carbonyl (C=O) groups is 1. The Labute approximate surface area is 107 Å². The van der Waals surface area contributed by atoms with Crippen molar-refractivity contribution in [1.29, 1.82) is 0 Å². The predicted octanol–water partition coefficient (Wildman–Crippen LogP) is 1.06. The van der Waals surface area contributed by atoms with Crippen LogP contribution in [-0.4, -0.2) is 44.2 Å². The summed E-state index contributed by atoms with van der Waals surface area (Å²) >= 11 is 0. The SMILES string of the molecule is COC(=O)c1ccnc(N(C)C2CCCNC2)c1. The van der Waals surface area contributed by atoms with E-state index in [-0.39, 0.29) is 5.97 Å². The normalized spacial score (nSPS) is 19.3. The summed E-state index contributed by atoms with van der Waals surface area (Å²) in [5.74, 6) is 0.486. The summed E-state index contributed by atoms with van der Waals surface area (Å²) < 4.78 is 4.72. The van der Waals surface area contributed by atoms with Crippen molar-refractivity contribution in [2.45, 2.75) is 18.9 Å². The van der Waals surface area contributed by atoms with Crippen LogP contribution in [0.15, 0.2) is 18.3 Å². The summed E-state index contributed by atoms with van der Waals surface area (Å²) in [6, 6.07) is 3.88. The number of nitrogens with zero attached hydrogens (tertiary/aromatic N) is 2. The molecule has 0 spiro atoms. The second-order valence-corrected chi connectivity index (χ2v) is 4.51. The molecule has 1 aromatic rings. The van der Waals surface area contributed by atoms with Gasteiger partial charge in [-0.1, -0.05) is 0 Å². The van der Waals surface area contributed by atoms with Crippen LogP contribution >= 0.6 is 0 Å². The van der Waals surface area contributed by atoms with Crippen molar-refractivity contribution in [2.24, 2.45) is 0 Å². The second-order valence-electron chi connectivity index (χ2n) is 4.51. The largest absolute Gasteiger partial charge is 0.465 e. The van der Waals surface area contributed by atoms with Gasteiger partial charge in [-0.2, -0.15) is 0 Å². The fourth-order valence-electron chi connectivity index (χ4n) is 2.21. The number of aromatic nitrogens is 1. The molecule has 2 heterocycles. The van der Waals surface area contributed by atoms with Crippen LogP contribution in [-0.2, 0) is 4.74 Å². The first-order valence-corrected chi connectivity index (χ1v) is 6.20. The van der Waals surface area contributed by atoms with E-state index in [1.807, 2.05) is 7.05 Å². The fourth-order valence-corrected chi connectivity index (χ4v) is 2.21. The van der Waals surface area contributed by atoms with Crippen LogP contribution in [0.5, 0.6) is 0 Å². The van der Waals surface area contributed by atoms with Gasteiger partial charge in [-0.15, -0.1) is 0 Å². The number of methoxy groups -OCH3 is 1. The molecule has 0 radical (unpaired) electrons. The Morgan fingerprint density at radius 2 is 2.44 bits per heavy atom. The summed E-state index contributed by atoms with van der Waals surface area (Å²) in [7, 11) is 3.40.